The molecule has 1 heteroatoms. The lowest BCUT2D eigenvalue weighted by Gasteiger charge is -2.31. The Morgan fingerprint density at radius 3 is 2.67 bits per heavy atom. The van der Waals surface area contributed by atoms with E-state index in [9.17, 15) is 0 Å². The zero-order chi connectivity index (χ0) is 10.7. The van der Waals surface area contributed by atoms with Crippen LogP contribution in [0.4, 0.5) is 5.69 Å². The van der Waals surface area contributed by atoms with Crippen molar-refractivity contribution in [3.05, 3.63) is 29.8 Å². The second-order valence-corrected chi connectivity index (χ2v) is 4.69. The molecule has 2 atom stereocenters. The first-order chi connectivity index (χ1) is 7.33. The summed E-state index contributed by atoms with van der Waals surface area (Å²) in [5, 5.41) is 0. The molecule has 82 valence electrons. The van der Waals surface area contributed by atoms with Crippen molar-refractivity contribution >= 4 is 5.69 Å². The second kappa shape index (κ2) is 4.69. The van der Waals surface area contributed by atoms with Gasteiger partial charge in [0.1, 0.15) is 0 Å². The number of hydrogen-bond acceptors (Lipinski definition) is 1. The smallest absolute Gasteiger partial charge is 0.0349 e. The zero-order valence-electron chi connectivity index (χ0n) is 9.58. The van der Waals surface area contributed by atoms with Crippen LogP contribution in [0.15, 0.2) is 24.3 Å². The van der Waals surface area contributed by atoms with Crippen LogP contribution in [0.3, 0.4) is 0 Å². The summed E-state index contributed by atoms with van der Waals surface area (Å²) < 4.78 is 0. The van der Waals surface area contributed by atoms with E-state index in [1.165, 1.54) is 37.7 Å². The standard InChI is InChI=1S/C14H21N/c1-2-11-7-3-4-8-12(11)13-9-5-6-10-14(13)15/h5-6,9-12H,2-4,7-8,15H2,1H3/t11-,12+/m1/s1. The van der Waals surface area contributed by atoms with Gasteiger partial charge < -0.3 is 5.73 Å². The van der Waals surface area contributed by atoms with Crippen molar-refractivity contribution in [3.63, 3.8) is 0 Å². The molecule has 1 saturated carbocycles. The Kier molecular flexibility index (Phi) is 3.30. The fraction of sp³-hybridized carbons (Fsp3) is 0.571. The van der Waals surface area contributed by atoms with E-state index in [2.05, 4.69) is 19.1 Å². The molecule has 15 heavy (non-hydrogen) atoms. The van der Waals surface area contributed by atoms with Gasteiger partial charge in [-0.2, -0.15) is 0 Å². The molecule has 1 aliphatic rings. The minimum absolute atomic E-state index is 0.713. The van der Waals surface area contributed by atoms with Crippen LogP contribution in [0.25, 0.3) is 0 Å². The third-order valence-corrected chi connectivity index (χ3v) is 3.83. The quantitative estimate of drug-likeness (QED) is 0.723. The number of anilines is 1. The maximum absolute atomic E-state index is 6.07. The first kappa shape index (κ1) is 10.5. The van der Waals surface area contributed by atoms with Crippen molar-refractivity contribution in [3.8, 4) is 0 Å². The van der Waals surface area contributed by atoms with Gasteiger partial charge in [-0.05, 0) is 36.3 Å². The predicted octanol–water partition coefficient (Wildman–Crippen LogP) is 3.95. The lowest BCUT2D eigenvalue weighted by Crippen LogP contribution is -2.18. The summed E-state index contributed by atoms with van der Waals surface area (Å²) in [5.41, 5.74) is 8.45. The Balaban J connectivity index is 2.24. The van der Waals surface area contributed by atoms with Gasteiger partial charge in [0, 0.05) is 5.69 Å². The van der Waals surface area contributed by atoms with E-state index < -0.39 is 0 Å². The number of rotatable bonds is 2. The van der Waals surface area contributed by atoms with Crippen molar-refractivity contribution in [2.24, 2.45) is 5.92 Å². The minimum atomic E-state index is 0.713. The summed E-state index contributed by atoms with van der Waals surface area (Å²) in [5.74, 6) is 1.56. The van der Waals surface area contributed by atoms with Gasteiger partial charge in [0.2, 0.25) is 0 Å². The van der Waals surface area contributed by atoms with Gasteiger partial charge in [-0.1, -0.05) is 44.4 Å². The lowest BCUT2D eigenvalue weighted by molar-refractivity contribution is 0.300. The highest BCUT2D eigenvalue weighted by Gasteiger charge is 2.25. The van der Waals surface area contributed by atoms with E-state index in [0.29, 0.717) is 5.92 Å². The molecule has 0 heterocycles. The molecule has 1 aromatic rings. The Morgan fingerprint density at radius 2 is 1.93 bits per heavy atom. The monoisotopic (exact) mass is 203 g/mol. The van der Waals surface area contributed by atoms with Gasteiger partial charge in [-0.25, -0.2) is 0 Å². The maximum Gasteiger partial charge on any atom is 0.0349 e. The first-order valence-corrected chi connectivity index (χ1v) is 6.17. The van der Waals surface area contributed by atoms with E-state index in [-0.39, 0.29) is 0 Å². The van der Waals surface area contributed by atoms with Gasteiger partial charge in [0.05, 0.1) is 0 Å². The molecule has 0 spiro atoms. The van der Waals surface area contributed by atoms with Crippen molar-refractivity contribution in [1.29, 1.82) is 0 Å². The normalized spacial score (nSPS) is 26.5. The van der Waals surface area contributed by atoms with E-state index in [1.807, 2.05) is 12.1 Å². The number of nitrogens with two attached hydrogens (primary N) is 1. The molecule has 1 nitrogen and oxygen atoms in total. The van der Waals surface area contributed by atoms with E-state index in [0.717, 1.165) is 11.6 Å². The third kappa shape index (κ3) is 2.17. The number of para-hydroxylation sites is 1. The largest absolute Gasteiger partial charge is 0.398 e. The number of hydrogen-bond donors (Lipinski definition) is 1. The average molecular weight is 203 g/mol. The minimum Gasteiger partial charge on any atom is -0.398 e. The maximum atomic E-state index is 6.07. The van der Waals surface area contributed by atoms with Crippen molar-refractivity contribution in [2.75, 3.05) is 5.73 Å². The van der Waals surface area contributed by atoms with Crippen LogP contribution >= 0.6 is 0 Å². The molecule has 0 aliphatic heterocycles. The Labute approximate surface area is 92.7 Å². The fourth-order valence-corrected chi connectivity index (χ4v) is 2.95. The molecule has 0 amide bonds. The second-order valence-electron chi connectivity index (χ2n) is 4.69. The van der Waals surface area contributed by atoms with Crippen molar-refractivity contribution < 1.29 is 0 Å². The summed E-state index contributed by atoms with van der Waals surface area (Å²) in [7, 11) is 0. The fourth-order valence-electron chi connectivity index (χ4n) is 2.95. The Hall–Kier alpha value is -0.980. The molecule has 2 rings (SSSR count). The van der Waals surface area contributed by atoms with Gasteiger partial charge in [0.15, 0.2) is 0 Å². The summed E-state index contributed by atoms with van der Waals surface area (Å²) in [4.78, 5) is 0. The van der Waals surface area contributed by atoms with Gasteiger partial charge in [-0.3, -0.25) is 0 Å². The molecule has 1 aromatic carbocycles. The lowest BCUT2D eigenvalue weighted by atomic mass is 9.74. The molecule has 0 radical (unpaired) electrons. The average Bonchev–Trinajstić information content (AvgIpc) is 2.30. The summed E-state index contributed by atoms with van der Waals surface area (Å²) >= 11 is 0. The topological polar surface area (TPSA) is 26.0 Å². The van der Waals surface area contributed by atoms with E-state index >= 15 is 0 Å². The highest BCUT2D eigenvalue weighted by atomic mass is 14.6. The Morgan fingerprint density at radius 1 is 1.20 bits per heavy atom. The zero-order valence-corrected chi connectivity index (χ0v) is 9.58. The molecule has 2 N–H and O–H groups in total. The molecule has 0 saturated heterocycles. The molecule has 1 fully saturated rings. The van der Waals surface area contributed by atoms with Crippen LogP contribution in [0.1, 0.15) is 50.5 Å². The molecule has 0 bridgehead atoms. The van der Waals surface area contributed by atoms with Crippen LogP contribution in [0.2, 0.25) is 0 Å². The van der Waals surface area contributed by atoms with Gasteiger partial charge >= 0.3 is 0 Å². The Bertz CT molecular complexity index is 319. The SMILES string of the molecule is CC[C@@H]1CCCC[C@@H]1c1ccccc1N. The van der Waals surface area contributed by atoms with Crippen molar-refractivity contribution in [2.45, 2.75) is 44.9 Å². The summed E-state index contributed by atoms with van der Waals surface area (Å²) in [6.45, 7) is 2.31. The van der Waals surface area contributed by atoms with Crippen LogP contribution in [0, 0.1) is 5.92 Å². The first-order valence-electron chi connectivity index (χ1n) is 6.17. The van der Waals surface area contributed by atoms with E-state index in [1.54, 1.807) is 0 Å². The molecule has 1 aliphatic carbocycles. The molecule has 0 unspecified atom stereocenters. The molecular formula is C14H21N. The number of nitrogen functional groups attached to an aromatic ring is 1. The van der Waals surface area contributed by atoms with Crippen LogP contribution in [-0.2, 0) is 0 Å². The molecular weight excluding hydrogens is 182 g/mol. The highest BCUT2D eigenvalue weighted by Crippen LogP contribution is 2.41. The highest BCUT2D eigenvalue weighted by molar-refractivity contribution is 5.48. The van der Waals surface area contributed by atoms with Gasteiger partial charge in [-0.15, -0.1) is 0 Å². The van der Waals surface area contributed by atoms with E-state index in [4.69, 9.17) is 5.73 Å². The predicted molar refractivity (Wildman–Crippen MR) is 65.8 cm³/mol. The summed E-state index contributed by atoms with van der Waals surface area (Å²) in [6.07, 6.45) is 6.78. The van der Waals surface area contributed by atoms with Gasteiger partial charge in [0.25, 0.3) is 0 Å². The van der Waals surface area contributed by atoms with Crippen LogP contribution in [0.5, 0.6) is 0 Å². The number of benzene rings is 1. The van der Waals surface area contributed by atoms with Crippen LogP contribution < -0.4 is 5.73 Å². The molecule has 0 aromatic heterocycles. The van der Waals surface area contributed by atoms with Crippen molar-refractivity contribution in [1.82, 2.24) is 0 Å². The third-order valence-electron chi connectivity index (χ3n) is 3.83. The van der Waals surface area contributed by atoms with Crippen LogP contribution in [-0.4, -0.2) is 0 Å². The summed E-state index contributed by atoms with van der Waals surface area (Å²) in [6, 6.07) is 8.40.